The lowest BCUT2D eigenvalue weighted by Gasteiger charge is -2.32. The molecule has 5 rings (SSSR count). The molecular weight excluding hydrogens is 476 g/mol. The first-order valence-electron chi connectivity index (χ1n) is 14.6. The van der Waals surface area contributed by atoms with Gasteiger partial charge in [-0.3, -0.25) is 0 Å². The molecule has 1 aliphatic heterocycles. The normalized spacial score (nSPS) is 16.4. The molecule has 4 nitrogen and oxygen atoms in total. The fourth-order valence-electron chi connectivity index (χ4n) is 5.63. The summed E-state index contributed by atoms with van der Waals surface area (Å²) in [6.07, 6.45) is 3.38. The second-order valence-corrected chi connectivity index (χ2v) is 10.4. The molecule has 0 bridgehead atoms. The van der Waals surface area contributed by atoms with Crippen molar-refractivity contribution in [1.29, 1.82) is 0 Å². The molecule has 0 N–H and O–H groups in total. The standard InChI is InChI=1S/C35H42N4/c1-5-16-32(17-6-1)36-24-13-25-37(33-18-7-2-8-19-33)27-15-29-39(35-22-11-4-12-23-35)31-30-38(28-14-26-36)34-20-9-3-10-21-34/h1-12,16-23H,13-15,24-31H2. The van der Waals surface area contributed by atoms with Crippen molar-refractivity contribution < 1.29 is 0 Å². The van der Waals surface area contributed by atoms with Crippen LogP contribution in [0.5, 0.6) is 0 Å². The summed E-state index contributed by atoms with van der Waals surface area (Å²) in [5.74, 6) is 0. The Morgan fingerprint density at radius 2 is 0.462 bits per heavy atom. The minimum absolute atomic E-state index is 1.01. The van der Waals surface area contributed by atoms with Gasteiger partial charge in [0.15, 0.2) is 0 Å². The van der Waals surface area contributed by atoms with Gasteiger partial charge < -0.3 is 19.6 Å². The van der Waals surface area contributed by atoms with Crippen molar-refractivity contribution in [3.8, 4) is 0 Å². The fraction of sp³-hybridized carbons (Fsp3) is 0.314. The van der Waals surface area contributed by atoms with E-state index >= 15 is 0 Å². The first-order valence-corrected chi connectivity index (χ1v) is 14.6. The third-order valence-corrected chi connectivity index (χ3v) is 7.69. The number of rotatable bonds is 4. The van der Waals surface area contributed by atoms with Crippen LogP contribution < -0.4 is 19.6 Å². The SMILES string of the molecule is c1ccc(N2CCCN(c3ccccc3)CCCN(c3ccccc3)CCN(c3ccccc3)CCC2)cc1. The Labute approximate surface area is 235 Å². The topological polar surface area (TPSA) is 13.0 Å². The van der Waals surface area contributed by atoms with Crippen LogP contribution in [-0.2, 0) is 0 Å². The van der Waals surface area contributed by atoms with Crippen LogP contribution in [0.25, 0.3) is 0 Å². The van der Waals surface area contributed by atoms with Crippen LogP contribution >= 0.6 is 0 Å². The van der Waals surface area contributed by atoms with Crippen molar-refractivity contribution in [2.45, 2.75) is 19.3 Å². The maximum absolute atomic E-state index is 2.59. The van der Waals surface area contributed by atoms with E-state index in [0.29, 0.717) is 0 Å². The smallest absolute Gasteiger partial charge is 0.0366 e. The summed E-state index contributed by atoms with van der Waals surface area (Å²) >= 11 is 0. The maximum Gasteiger partial charge on any atom is 0.0366 e. The van der Waals surface area contributed by atoms with Gasteiger partial charge in [-0.1, -0.05) is 72.8 Å². The number of anilines is 4. The molecule has 4 aromatic carbocycles. The lowest BCUT2D eigenvalue weighted by Crippen LogP contribution is -2.38. The van der Waals surface area contributed by atoms with E-state index in [1.807, 2.05) is 0 Å². The molecule has 1 fully saturated rings. The average Bonchev–Trinajstić information content (AvgIpc) is 3.02. The van der Waals surface area contributed by atoms with Crippen molar-refractivity contribution >= 4 is 22.7 Å². The van der Waals surface area contributed by atoms with Gasteiger partial charge in [-0.25, -0.2) is 0 Å². The molecule has 4 aromatic rings. The van der Waals surface area contributed by atoms with Gasteiger partial charge in [-0.05, 0) is 67.8 Å². The lowest BCUT2D eigenvalue weighted by atomic mass is 10.2. The first kappa shape index (κ1) is 26.7. The summed E-state index contributed by atoms with van der Waals surface area (Å²) in [6.45, 7) is 8.35. The lowest BCUT2D eigenvalue weighted by molar-refractivity contribution is 0.659. The van der Waals surface area contributed by atoms with Crippen LogP contribution in [0.1, 0.15) is 19.3 Å². The molecule has 0 atom stereocenters. The molecule has 0 amide bonds. The van der Waals surface area contributed by atoms with Crippen molar-refractivity contribution in [3.63, 3.8) is 0 Å². The Kier molecular flexibility index (Phi) is 9.78. The second-order valence-electron chi connectivity index (χ2n) is 10.4. The number of hydrogen-bond acceptors (Lipinski definition) is 4. The third kappa shape index (κ3) is 7.79. The minimum atomic E-state index is 1.01. The highest BCUT2D eigenvalue weighted by Gasteiger charge is 2.15. The van der Waals surface area contributed by atoms with Crippen molar-refractivity contribution in [1.82, 2.24) is 0 Å². The summed E-state index contributed by atoms with van der Waals surface area (Å²) in [5, 5.41) is 0. The summed E-state index contributed by atoms with van der Waals surface area (Å²) in [7, 11) is 0. The molecule has 0 saturated carbocycles. The molecule has 1 heterocycles. The van der Waals surface area contributed by atoms with Gasteiger partial charge in [0.05, 0.1) is 0 Å². The van der Waals surface area contributed by atoms with Crippen molar-refractivity contribution in [2.24, 2.45) is 0 Å². The van der Waals surface area contributed by atoms with Gasteiger partial charge in [-0.15, -0.1) is 0 Å². The quantitative estimate of drug-likeness (QED) is 0.283. The Bertz CT molecular complexity index is 1100. The average molecular weight is 519 g/mol. The van der Waals surface area contributed by atoms with Gasteiger partial charge in [0.1, 0.15) is 0 Å². The van der Waals surface area contributed by atoms with E-state index in [0.717, 1.165) is 71.6 Å². The molecule has 39 heavy (non-hydrogen) atoms. The van der Waals surface area contributed by atoms with Gasteiger partial charge in [0.2, 0.25) is 0 Å². The van der Waals surface area contributed by atoms with Gasteiger partial charge >= 0.3 is 0 Å². The Balaban J connectivity index is 1.39. The van der Waals surface area contributed by atoms with Crippen LogP contribution in [0, 0.1) is 0 Å². The van der Waals surface area contributed by atoms with E-state index in [1.54, 1.807) is 0 Å². The van der Waals surface area contributed by atoms with Crippen molar-refractivity contribution in [3.05, 3.63) is 121 Å². The summed E-state index contributed by atoms with van der Waals surface area (Å²) in [4.78, 5) is 10.3. The second kappa shape index (κ2) is 14.3. The predicted molar refractivity (Wildman–Crippen MR) is 168 cm³/mol. The predicted octanol–water partition coefficient (Wildman–Crippen LogP) is 7.20. The highest BCUT2D eigenvalue weighted by molar-refractivity contribution is 5.50. The van der Waals surface area contributed by atoms with Crippen molar-refractivity contribution in [2.75, 3.05) is 72.0 Å². The molecule has 202 valence electrons. The van der Waals surface area contributed by atoms with Crippen LogP contribution in [0.15, 0.2) is 121 Å². The zero-order chi connectivity index (χ0) is 26.5. The number of benzene rings is 4. The largest absolute Gasteiger partial charge is 0.371 e. The highest BCUT2D eigenvalue weighted by atomic mass is 15.2. The molecule has 1 saturated heterocycles. The number of nitrogens with zero attached hydrogens (tertiary/aromatic N) is 4. The fourth-order valence-corrected chi connectivity index (χ4v) is 5.63. The van der Waals surface area contributed by atoms with Gasteiger partial charge in [0.25, 0.3) is 0 Å². The Morgan fingerprint density at radius 1 is 0.256 bits per heavy atom. The van der Waals surface area contributed by atoms with Crippen LogP contribution in [-0.4, -0.2) is 52.4 Å². The molecule has 0 radical (unpaired) electrons. The minimum Gasteiger partial charge on any atom is -0.371 e. The monoisotopic (exact) mass is 518 g/mol. The first-order chi connectivity index (χ1) is 19.4. The van der Waals surface area contributed by atoms with E-state index in [-0.39, 0.29) is 0 Å². The molecule has 0 unspecified atom stereocenters. The van der Waals surface area contributed by atoms with Crippen LogP contribution in [0.2, 0.25) is 0 Å². The number of hydrogen-bond donors (Lipinski definition) is 0. The van der Waals surface area contributed by atoms with Crippen LogP contribution in [0.4, 0.5) is 22.7 Å². The van der Waals surface area contributed by atoms with E-state index in [4.69, 9.17) is 0 Å². The van der Waals surface area contributed by atoms with E-state index < -0.39 is 0 Å². The van der Waals surface area contributed by atoms with E-state index in [9.17, 15) is 0 Å². The van der Waals surface area contributed by atoms with E-state index in [1.165, 1.54) is 22.7 Å². The third-order valence-electron chi connectivity index (χ3n) is 7.69. The molecule has 4 heteroatoms. The summed E-state index contributed by atoms with van der Waals surface area (Å²) < 4.78 is 0. The molecule has 0 aliphatic carbocycles. The molecular formula is C35H42N4. The Hall–Kier alpha value is -3.92. The molecule has 1 aliphatic rings. The highest BCUT2D eigenvalue weighted by Crippen LogP contribution is 2.21. The molecule has 0 spiro atoms. The van der Waals surface area contributed by atoms with E-state index in [2.05, 4.69) is 141 Å². The van der Waals surface area contributed by atoms with Gasteiger partial charge in [0, 0.05) is 75.1 Å². The molecule has 0 aromatic heterocycles. The summed E-state index contributed by atoms with van der Waals surface area (Å²) in [6, 6.07) is 43.8. The maximum atomic E-state index is 2.59. The van der Waals surface area contributed by atoms with Crippen LogP contribution in [0.3, 0.4) is 0 Å². The zero-order valence-electron chi connectivity index (χ0n) is 23.1. The number of para-hydroxylation sites is 4. The van der Waals surface area contributed by atoms with Gasteiger partial charge in [-0.2, -0.15) is 0 Å². The Morgan fingerprint density at radius 3 is 0.692 bits per heavy atom. The summed E-state index contributed by atoms with van der Waals surface area (Å²) in [5.41, 5.74) is 5.29. The zero-order valence-corrected chi connectivity index (χ0v) is 23.1.